The van der Waals surface area contributed by atoms with Crippen molar-refractivity contribution in [1.82, 2.24) is 9.88 Å². The first-order valence-corrected chi connectivity index (χ1v) is 14.6. The Morgan fingerprint density at radius 3 is 2.51 bits per heavy atom. The molecule has 2 unspecified atom stereocenters. The van der Waals surface area contributed by atoms with Crippen LogP contribution in [0, 0.1) is 12.8 Å². The van der Waals surface area contributed by atoms with E-state index in [2.05, 4.69) is 4.98 Å². The van der Waals surface area contributed by atoms with Gasteiger partial charge in [0.1, 0.15) is 17.5 Å². The third-order valence-corrected chi connectivity index (χ3v) is 7.72. The maximum absolute atomic E-state index is 13.5. The molecule has 9 nitrogen and oxygen atoms in total. The van der Waals surface area contributed by atoms with Gasteiger partial charge in [-0.25, -0.2) is 9.78 Å². The molecule has 4 rings (SSSR count). The molecule has 0 bridgehead atoms. The number of amides is 3. The fourth-order valence-electron chi connectivity index (χ4n) is 5.52. The average molecular weight is 566 g/mol. The molecule has 1 aliphatic heterocycles. The van der Waals surface area contributed by atoms with E-state index in [1.54, 1.807) is 24.3 Å². The number of imide groups is 1. The van der Waals surface area contributed by atoms with Gasteiger partial charge in [-0.15, -0.1) is 0 Å². The van der Waals surface area contributed by atoms with Crippen molar-refractivity contribution in [2.45, 2.75) is 97.3 Å². The molecular formula is C32H43N3O6. The van der Waals surface area contributed by atoms with Gasteiger partial charge in [0.15, 0.2) is 0 Å². The van der Waals surface area contributed by atoms with E-state index in [0.29, 0.717) is 30.5 Å². The lowest BCUT2D eigenvalue weighted by atomic mass is 9.95. The summed E-state index contributed by atoms with van der Waals surface area (Å²) in [5.41, 5.74) is 1.88. The van der Waals surface area contributed by atoms with E-state index < -0.39 is 5.60 Å². The zero-order valence-electron chi connectivity index (χ0n) is 25.0. The first-order valence-electron chi connectivity index (χ1n) is 14.6. The molecule has 1 aliphatic carbocycles. The lowest BCUT2D eigenvalue weighted by molar-refractivity contribution is -0.155. The Kier molecular flexibility index (Phi) is 9.89. The van der Waals surface area contributed by atoms with Crippen LogP contribution in [0.3, 0.4) is 0 Å². The molecule has 0 radical (unpaired) electrons. The fraction of sp³-hybridized carbons (Fsp3) is 0.562. The Bertz CT molecular complexity index is 1220. The maximum atomic E-state index is 13.5. The summed E-state index contributed by atoms with van der Waals surface area (Å²) < 4.78 is 17.1. The Labute approximate surface area is 243 Å². The van der Waals surface area contributed by atoms with E-state index >= 15 is 0 Å². The van der Waals surface area contributed by atoms with E-state index in [1.807, 2.05) is 52.0 Å². The molecule has 2 fully saturated rings. The number of benzene rings is 1. The van der Waals surface area contributed by atoms with E-state index in [-0.39, 0.29) is 37.0 Å². The van der Waals surface area contributed by atoms with Crippen LogP contribution < -0.4 is 14.4 Å². The van der Waals surface area contributed by atoms with Crippen molar-refractivity contribution in [3.63, 3.8) is 0 Å². The standard InChI is InChI=1S/C32H43N3O6/c1-22-27(34-20-18-28(36)35(31(34)38)21-24-10-13-25(39-5)14-11-24)17-19-33-30(22)40-26-8-6-7-23(9-15-26)12-16-29(37)41-32(2,3)4/h10-11,13-14,17,19,23,26H,6-9,12,15-16,18,20-21H2,1-5H3. The predicted molar refractivity (Wildman–Crippen MR) is 156 cm³/mol. The monoisotopic (exact) mass is 565 g/mol. The molecule has 9 heteroatoms. The second-order valence-corrected chi connectivity index (χ2v) is 12.0. The number of urea groups is 1. The number of carbonyl (C=O) groups excluding carboxylic acids is 3. The summed E-state index contributed by atoms with van der Waals surface area (Å²) in [5.74, 6) is 1.38. The van der Waals surface area contributed by atoms with Crippen LogP contribution in [0.15, 0.2) is 36.5 Å². The summed E-state index contributed by atoms with van der Waals surface area (Å²) in [6.07, 6.45) is 8.08. The molecule has 2 aromatic rings. The molecule has 3 amide bonds. The lowest BCUT2D eigenvalue weighted by Gasteiger charge is -2.35. The van der Waals surface area contributed by atoms with Crippen LogP contribution in [-0.2, 0) is 20.9 Å². The molecule has 0 N–H and O–H groups in total. The van der Waals surface area contributed by atoms with Crippen LogP contribution in [0.4, 0.5) is 10.5 Å². The highest BCUT2D eigenvalue weighted by molar-refractivity contribution is 6.06. The number of carbonyl (C=O) groups is 3. The minimum Gasteiger partial charge on any atom is -0.497 e. The van der Waals surface area contributed by atoms with E-state index in [9.17, 15) is 14.4 Å². The van der Waals surface area contributed by atoms with Gasteiger partial charge < -0.3 is 14.2 Å². The quantitative estimate of drug-likeness (QED) is 0.263. The first-order chi connectivity index (χ1) is 19.5. The molecule has 1 saturated carbocycles. The molecule has 1 aromatic carbocycles. The predicted octanol–water partition coefficient (Wildman–Crippen LogP) is 6.21. The normalized spacial score (nSPS) is 20.0. The van der Waals surface area contributed by atoms with Crippen LogP contribution in [0.1, 0.15) is 83.3 Å². The number of hydrogen-bond donors (Lipinski definition) is 0. The Hall–Kier alpha value is -3.62. The van der Waals surface area contributed by atoms with Crippen molar-refractivity contribution >= 4 is 23.6 Å². The number of anilines is 1. The molecule has 1 aromatic heterocycles. The minimum atomic E-state index is -0.456. The van der Waals surface area contributed by atoms with Gasteiger partial charge in [-0.05, 0) is 89.5 Å². The van der Waals surface area contributed by atoms with Crippen LogP contribution in [0.25, 0.3) is 0 Å². The van der Waals surface area contributed by atoms with Crippen LogP contribution >= 0.6 is 0 Å². The number of aromatic nitrogens is 1. The molecule has 2 aliphatic rings. The Morgan fingerprint density at radius 2 is 1.80 bits per heavy atom. The number of nitrogens with zero attached hydrogens (tertiary/aromatic N) is 3. The number of rotatable bonds is 9. The highest BCUT2D eigenvalue weighted by atomic mass is 16.6. The Balaban J connectivity index is 1.37. The van der Waals surface area contributed by atoms with Crippen molar-refractivity contribution in [3.05, 3.63) is 47.7 Å². The fourth-order valence-corrected chi connectivity index (χ4v) is 5.52. The summed E-state index contributed by atoms with van der Waals surface area (Å²) in [5, 5.41) is 0. The van der Waals surface area contributed by atoms with Gasteiger partial charge in [0.05, 0.1) is 19.3 Å². The third kappa shape index (κ3) is 8.21. The largest absolute Gasteiger partial charge is 0.497 e. The number of hydrogen-bond acceptors (Lipinski definition) is 7. The minimum absolute atomic E-state index is 0.0215. The van der Waals surface area contributed by atoms with Gasteiger partial charge in [-0.3, -0.25) is 19.4 Å². The SMILES string of the molecule is COc1ccc(CN2C(=O)CCN(c3ccnc(OC4CCCC(CCC(=O)OC(C)(C)C)CC4)c3C)C2=O)cc1. The van der Waals surface area contributed by atoms with Gasteiger partial charge in [0.2, 0.25) is 11.8 Å². The number of esters is 1. The topological polar surface area (TPSA) is 98.3 Å². The summed E-state index contributed by atoms with van der Waals surface area (Å²) in [6.45, 7) is 8.09. The van der Waals surface area contributed by atoms with Gasteiger partial charge in [0.25, 0.3) is 0 Å². The lowest BCUT2D eigenvalue weighted by Crippen LogP contribution is -2.52. The summed E-state index contributed by atoms with van der Waals surface area (Å²) in [4.78, 5) is 45.8. The molecule has 222 valence electrons. The van der Waals surface area contributed by atoms with Crippen molar-refractivity contribution in [2.75, 3.05) is 18.6 Å². The van der Waals surface area contributed by atoms with Crippen molar-refractivity contribution in [3.8, 4) is 11.6 Å². The van der Waals surface area contributed by atoms with Crippen molar-refractivity contribution in [1.29, 1.82) is 0 Å². The van der Waals surface area contributed by atoms with Crippen LogP contribution in [-0.4, -0.2) is 53.2 Å². The van der Waals surface area contributed by atoms with Crippen molar-refractivity contribution in [2.24, 2.45) is 5.92 Å². The number of ether oxygens (including phenoxy) is 3. The summed E-state index contributed by atoms with van der Waals surface area (Å²) >= 11 is 0. The molecule has 41 heavy (non-hydrogen) atoms. The summed E-state index contributed by atoms with van der Waals surface area (Å²) in [7, 11) is 1.60. The van der Waals surface area contributed by atoms with Crippen LogP contribution in [0.5, 0.6) is 11.6 Å². The van der Waals surface area contributed by atoms with Gasteiger partial charge in [-0.2, -0.15) is 0 Å². The van der Waals surface area contributed by atoms with Gasteiger partial charge in [0, 0.05) is 31.1 Å². The molecule has 0 spiro atoms. The zero-order chi connectivity index (χ0) is 29.6. The van der Waals surface area contributed by atoms with Crippen molar-refractivity contribution < 1.29 is 28.6 Å². The van der Waals surface area contributed by atoms with E-state index in [1.165, 1.54) is 4.90 Å². The number of pyridine rings is 1. The second-order valence-electron chi connectivity index (χ2n) is 12.0. The molecule has 2 heterocycles. The second kappa shape index (κ2) is 13.4. The Morgan fingerprint density at radius 1 is 1.05 bits per heavy atom. The smallest absolute Gasteiger partial charge is 0.331 e. The number of methoxy groups -OCH3 is 1. The molecule has 1 saturated heterocycles. The van der Waals surface area contributed by atoms with Gasteiger partial charge >= 0.3 is 12.0 Å². The zero-order valence-corrected chi connectivity index (χ0v) is 25.0. The van der Waals surface area contributed by atoms with Crippen LogP contribution in [0.2, 0.25) is 0 Å². The van der Waals surface area contributed by atoms with E-state index in [4.69, 9.17) is 14.2 Å². The van der Waals surface area contributed by atoms with E-state index in [0.717, 1.165) is 55.4 Å². The third-order valence-electron chi connectivity index (χ3n) is 7.72. The highest BCUT2D eigenvalue weighted by Crippen LogP contribution is 2.33. The molecular weight excluding hydrogens is 522 g/mol. The first kappa shape index (κ1) is 30.3. The van der Waals surface area contributed by atoms with Gasteiger partial charge in [-0.1, -0.05) is 18.6 Å². The average Bonchev–Trinajstić information content (AvgIpc) is 3.16. The maximum Gasteiger partial charge on any atom is 0.331 e. The summed E-state index contributed by atoms with van der Waals surface area (Å²) in [6, 6.07) is 8.81. The highest BCUT2D eigenvalue weighted by Gasteiger charge is 2.34. The molecule has 2 atom stereocenters.